The number of aromatic hydroxyl groups is 1. The molecule has 11 heavy (non-hydrogen) atoms. The number of rotatable bonds is 0. The Hall–Kier alpha value is -1.78. The highest BCUT2D eigenvalue weighted by atomic mass is 16.3. The molecule has 0 atom stereocenters. The van der Waals surface area contributed by atoms with Crippen molar-refractivity contribution in [1.82, 2.24) is 14.4 Å². The molecule has 56 valence electrons. The smallest absolute Gasteiger partial charge is 0.236 e. The fourth-order valence-corrected chi connectivity index (χ4v) is 0.876. The molecule has 0 unspecified atom stereocenters. The van der Waals surface area contributed by atoms with Gasteiger partial charge in [0.05, 0.1) is 18.1 Å². The lowest BCUT2D eigenvalue weighted by atomic mass is 10.5. The topological polar surface area (TPSA) is 76.4 Å². The number of anilines is 1. The van der Waals surface area contributed by atoms with Crippen LogP contribution in [0.25, 0.3) is 5.78 Å². The zero-order valence-electron chi connectivity index (χ0n) is 5.60. The molecule has 0 fully saturated rings. The van der Waals surface area contributed by atoms with Crippen LogP contribution in [0.4, 0.5) is 5.69 Å². The minimum atomic E-state index is 0.0415. The van der Waals surface area contributed by atoms with Gasteiger partial charge >= 0.3 is 0 Å². The number of hydrogen-bond acceptors (Lipinski definition) is 4. The fourth-order valence-electron chi connectivity index (χ4n) is 0.876. The lowest BCUT2D eigenvalue weighted by Gasteiger charge is -1.94. The Labute approximate surface area is 62.1 Å². The summed E-state index contributed by atoms with van der Waals surface area (Å²) in [6.07, 6.45) is 4.37. The van der Waals surface area contributed by atoms with E-state index >= 15 is 0 Å². The maximum absolute atomic E-state index is 9.14. The predicted molar refractivity (Wildman–Crippen MR) is 39.1 cm³/mol. The van der Waals surface area contributed by atoms with Crippen molar-refractivity contribution in [3.05, 3.63) is 18.6 Å². The molecule has 0 aliphatic heterocycles. The van der Waals surface area contributed by atoms with Crippen LogP contribution in [0.1, 0.15) is 0 Å². The van der Waals surface area contributed by atoms with Gasteiger partial charge in [-0.25, -0.2) is 9.97 Å². The normalized spacial score (nSPS) is 10.5. The Morgan fingerprint density at radius 3 is 2.91 bits per heavy atom. The molecule has 2 rings (SSSR count). The first-order valence-corrected chi connectivity index (χ1v) is 3.05. The number of hydrogen-bond donors (Lipinski definition) is 2. The summed E-state index contributed by atoms with van der Waals surface area (Å²) in [4.78, 5) is 7.67. The summed E-state index contributed by atoms with van der Waals surface area (Å²) in [7, 11) is 0. The van der Waals surface area contributed by atoms with E-state index in [4.69, 9.17) is 10.8 Å². The molecule has 0 aliphatic rings. The molecular formula is C6H6N4O. The van der Waals surface area contributed by atoms with E-state index < -0.39 is 0 Å². The molecule has 0 aromatic carbocycles. The van der Waals surface area contributed by atoms with Crippen LogP contribution in [0.2, 0.25) is 0 Å². The highest BCUT2D eigenvalue weighted by Gasteiger charge is 2.00. The standard InChI is InChI=1S/C6H6N4O/c7-4-1-8-6-9-2-5(11)10(6)3-4/h1-3,11H,7H2. The summed E-state index contributed by atoms with van der Waals surface area (Å²) in [6, 6.07) is 0. The molecule has 0 saturated carbocycles. The summed E-state index contributed by atoms with van der Waals surface area (Å²) >= 11 is 0. The maximum atomic E-state index is 9.14. The van der Waals surface area contributed by atoms with Crippen molar-refractivity contribution in [3.63, 3.8) is 0 Å². The predicted octanol–water partition coefficient (Wildman–Crippen LogP) is 0.0171. The summed E-state index contributed by atoms with van der Waals surface area (Å²) in [6.45, 7) is 0. The second-order valence-corrected chi connectivity index (χ2v) is 2.17. The van der Waals surface area contributed by atoms with Crippen LogP contribution in [-0.2, 0) is 0 Å². The number of fused-ring (bicyclic) bond motifs is 1. The van der Waals surface area contributed by atoms with Crippen molar-refractivity contribution in [2.24, 2.45) is 0 Å². The highest BCUT2D eigenvalue weighted by molar-refractivity contribution is 5.41. The molecule has 5 nitrogen and oxygen atoms in total. The largest absolute Gasteiger partial charge is 0.493 e. The third-order valence-corrected chi connectivity index (χ3v) is 1.37. The highest BCUT2D eigenvalue weighted by Crippen LogP contribution is 2.11. The third-order valence-electron chi connectivity index (χ3n) is 1.37. The van der Waals surface area contributed by atoms with Gasteiger partial charge in [-0.3, -0.25) is 4.40 Å². The van der Waals surface area contributed by atoms with Gasteiger partial charge in [-0.2, -0.15) is 0 Å². The van der Waals surface area contributed by atoms with Crippen LogP contribution in [0.3, 0.4) is 0 Å². The number of nitrogens with zero attached hydrogens (tertiary/aromatic N) is 3. The zero-order chi connectivity index (χ0) is 7.84. The van der Waals surface area contributed by atoms with Gasteiger partial charge in [0.25, 0.3) is 0 Å². The van der Waals surface area contributed by atoms with E-state index in [2.05, 4.69) is 9.97 Å². The van der Waals surface area contributed by atoms with Gasteiger partial charge < -0.3 is 10.8 Å². The Kier molecular flexibility index (Phi) is 1.00. The van der Waals surface area contributed by atoms with Crippen LogP contribution in [-0.4, -0.2) is 19.5 Å². The molecule has 0 amide bonds. The Bertz CT molecular complexity index is 394. The van der Waals surface area contributed by atoms with Crippen molar-refractivity contribution < 1.29 is 5.11 Å². The molecule has 0 radical (unpaired) electrons. The van der Waals surface area contributed by atoms with Crippen molar-refractivity contribution in [1.29, 1.82) is 0 Å². The molecule has 0 bridgehead atoms. The molecule has 3 N–H and O–H groups in total. The molecule has 2 heterocycles. The van der Waals surface area contributed by atoms with E-state index in [0.29, 0.717) is 11.5 Å². The fraction of sp³-hybridized carbons (Fsp3) is 0. The third kappa shape index (κ3) is 0.778. The second kappa shape index (κ2) is 1.85. The first-order chi connectivity index (χ1) is 5.27. The first kappa shape index (κ1) is 5.96. The van der Waals surface area contributed by atoms with Crippen LogP contribution in [0.5, 0.6) is 5.88 Å². The minimum absolute atomic E-state index is 0.0415. The second-order valence-electron chi connectivity index (χ2n) is 2.17. The number of nitrogen functional groups attached to an aromatic ring is 1. The van der Waals surface area contributed by atoms with Gasteiger partial charge in [0.1, 0.15) is 0 Å². The average Bonchev–Trinajstić information content (AvgIpc) is 2.33. The van der Waals surface area contributed by atoms with Gasteiger partial charge in [0.15, 0.2) is 0 Å². The number of imidazole rings is 1. The van der Waals surface area contributed by atoms with Crippen molar-refractivity contribution in [3.8, 4) is 5.88 Å². The molecule has 0 spiro atoms. The SMILES string of the molecule is Nc1cnc2ncc(O)n2c1. The number of nitrogens with two attached hydrogens (primary N) is 1. The van der Waals surface area contributed by atoms with Gasteiger partial charge in [0.2, 0.25) is 11.7 Å². The van der Waals surface area contributed by atoms with Crippen LogP contribution >= 0.6 is 0 Å². The lowest BCUT2D eigenvalue weighted by molar-refractivity contribution is 0.448. The average molecular weight is 150 g/mol. The molecular weight excluding hydrogens is 144 g/mol. The Balaban J connectivity index is 2.87. The lowest BCUT2D eigenvalue weighted by Crippen LogP contribution is -1.92. The van der Waals surface area contributed by atoms with Gasteiger partial charge in [0, 0.05) is 6.20 Å². The molecule has 0 aliphatic carbocycles. The quantitative estimate of drug-likeness (QED) is 0.555. The van der Waals surface area contributed by atoms with Crippen molar-refractivity contribution in [2.45, 2.75) is 0 Å². The minimum Gasteiger partial charge on any atom is -0.493 e. The number of aromatic nitrogens is 3. The molecule has 0 saturated heterocycles. The summed E-state index contributed by atoms with van der Waals surface area (Å²) in [5, 5.41) is 9.14. The van der Waals surface area contributed by atoms with E-state index in [1.54, 1.807) is 6.20 Å². The summed E-state index contributed by atoms with van der Waals surface area (Å²) in [5.74, 6) is 0.483. The Morgan fingerprint density at radius 1 is 1.36 bits per heavy atom. The van der Waals surface area contributed by atoms with E-state index in [1.807, 2.05) is 0 Å². The van der Waals surface area contributed by atoms with E-state index in [1.165, 1.54) is 16.8 Å². The van der Waals surface area contributed by atoms with E-state index in [0.717, 1.165) is 0 Å². The van der Waals surface area contributed by atoms with Crippen molar-refractivity contribution in [2.75, 3.05) is 5.73 Å². The zero-order valence-corrected chi connectivity index (χ0v) is 5.60. The van der Waals surface area contributed by atoms with Gasteiger partial charge in [-0.05, 0) is 0 Å². The van der Waals surface area contributed by atoms with Crippen molar-refractivity contribution >= 4 is 11.5 Å². The molecule has 2 aromatic rings. The van der Waals surface area contributed by atoms with Gasteiger partial charge in [-0.1, -0.05) is 0 Å². The monoisotopic (exact) mass is 150 g/mol. The van der Waals surface area contributed by atoms with E-state index in [9.17, 15) is 0 Å². The van der Waals surface area contributed by atoms with E-state index in [-0.39, 0.29) is 5.88 Å². The molecule has 5 heteroatoms. The Morgan fingerprint density at radius 2 is 2.09 bits per heavy atom. The summed E-state index contributed by atoms with van der Waals surface area (Å²) in [5.41, 5.74) is 5.92. The van der Waals surface area contributed by atoms with Gasteiger partial charge in [-0.15, -0.1) is 0 Å². The van der Waals surface area contributed by atoms with Crippen LogP contribution in [0, 0.1) is 0 Å². The molecule has 2 aromatic heterocycles. The van der Waals surface area contributed by atoms with Crippen LogP contribution < -0.4 is 5.73 Å². The summed E-state index contributed by atoms with van der Waals surface area (Å²) < 4.78 is 1.41. The first-order valence-electron chi connectivity index (χ1n) is 3.05. The maximum Gasteiger partial charge on any atom is 0.236 e. The van der Waals surface area contributed by atoms with Crippen LogP contribution in [0.15, 0.2) is 18.6 Å².